The van der Waals surface area contributed by atoms with Crippen LogP contribution in [0.5, 0.6) is 0 Å². The molecule has 0 heterocycles. The zero-order valence-corrected chi connectivity index (χ0v) is 11.3. The molecule has 0 fully saturated rings. The van der Waals surface area contributed by atoms with Crippen LogP contribution in [0.2, 0.25) is 0 Å². The molecule has 2 unspecified atom stereocenters. The summed E-state index contributed by atoms with van der Waals surface area (Å²) in [6.07, 6.45) is 0.950. The number of methoxy groups -OCH3 is 1. The fourth-order valence-electron chi connectivity index (χ4n) is 1.72. The molecule has 1 aromatic carbocycles. The number of nitrogens with two attached hydrogens (primary N) is 1. The van der Waals surface area contributed by atoms with E-state index in [1.165, 1.54) is 0 Å². The van der Waals surface area contributed by atoms with Gasteiger partial charge in [0.15, 0.2) is 0 Å². The van der Waals surface area contributed by atoms with Crippen molar-refractivity contribution in [2.75, 3.05) is 7.11 Å². The molecular weight excluding hydrogens is 228 g/mol. The summed E-state index contributed by atoms with van der Waals surface area (Å²) in [5, 5.41) is 3.23. The molecule has 0 aromatic heterocycles. The van der Waals surface area contributed by atoms with Gasteiger partial charge in [-0.3, -0.25) is 10.1 Å². The lowest BCUT2D eigenvalue weighted by atomic mass is 10.0. The normalized spacial score (nSPS) is 14.2. The van der Waals surface area contributed by atoms with E-state index < -0.39 is 6.04 Å². The molecule has 0 spiro atoms. The minimum Gasteiger partial charge on any atom is -0.380 e. The predicted octanol–water partition coefficient (Wildman–Crippen LogP) is 1.75. The van der Waals surface area contributed by atoms with Crippen LogP contribution in [0.1, 0.15) is 37.4 Å². The van der Waals surface area contributed by atoms with E-state index in [1.54, 1.807) is 7.11 Å². The summed E-state index contributed by atoms with van der Waals surface area (Å²) in [6.45, 7) is 4.67. The molecule has 0 bridgehead atoms. The van der Waals surface area contributed by atoms with Crippen LogP contribution >= 0.6 is 0 Å². The van der Waals surface area contributed by atoms with Crippen LogP contribution in [-0.4, -0.2) is 19.1 Å². The Bertz CT molecular complexity index is 376. The van der Waals surface area contributed by atoms with Crippen LogP contribution in [-0.2, 0) is 16.1 Å². The highest BCUT2D eigenvalue weighted by atomic mass is 16.5. The van der Waals surface area contributed by atoms with Gasteiger partial charge >= 0.3 is 0 Å². The number of rotatable bonds is 7. The number of primary amides is 1. The number of carbonyl (C=O) groups excluding carboxylic acids is 1. The lowest BCUT2D eigenvalue weighted by Crippen LogP contribution is -2.38. The van der Waals surface area contributed by atoms with E-state index >= 15 is 0 Å². The van der Waals surface area contributed by atoms with Crippen LogP contribution in [0.15, 0.2) is 24.3 Å². The first-order valence-corrected chi connectivity index (χ1v) is 6.21. The quantitative estimate of drug-likeness (QED) is 0.775. The maximum Gasteiger partial charge on any atom is 0.239 e. The summed E-state index contributed by atoms with van der Waals surface area (Å²) in [7, 11) is 1.66. The van der Waals surface area contributed by atoms with Gasteiger partial charge in [0, 0.05) is 13.2 Å². The van der Waals surface area contributed by atoms with Gasteiger partial charge in [-0.2, -0.15) is 0 Å². The molecule has 2 atom stereocenters. The second kappa shape index (κ2) is 7.13. The van der Waals surface area contributed by atoms with Gasteiger partial charge in [0.05, 0.1) is 6.61 Å². The van der Waals surface area contributed by atoms with Gasteiger partial charge in [-0.05, 0) is 24.5 Å². The van der Waals surface area contributed by atoms with Crippen LogP contribution in [0.3, 0.4) is 0 Å². The van der Waals surface area contributed by atoms with E-state index in [0.29, 0.717) is 6.61 Å². The maximum atomic E-state index is 11.5. The van der Waals surface area contributed by atoms with Crippen molar-refractivity contribution >= 4 is 5.91 Å². The van der Waals surface area contributed by atoms with Crippen LogP contribution < -0.4 is 11.1 Å². The third-order valence-electron chi connectivity index (χ3n) is 2.97. The number of hydrogen-bond donors (Lipinski definition) is 2. The average Bonchev–Trinajstić information content (AvgIpc) is 2.37. The van der Waals surface area contributed by atoms with Crippen molar-refractivity contribution in [1.29, 1.82) is 0 Å². The molecule has 1 aromatic rings. The van der Waals surface area contributed by atoms with Crippen molar-refractivity contribution in [2.45, 2.75) is 39.0 Å². The summed E-state index contributed by atoms with van der Waals surface area (Å²) in [4.78, 5) is 11.5. The molecule has 0 aliphatic carbocycles. The number of nitrogens with one attached hydrogen (secondary N) is 1. The molecule has 0 saturated carbocycles. The van der Waals surface area contributed by atoms with Gasteiger partial charge < -0.3 is 10.5 Å². The number of hydrogen-bond acceptors (Lipinski definition) is 3. The van der Waals surface area contributed by atoms with Gasteiger partial charge in [0.25, 0.3) is 0 Å². The maximum absolute atomic E-state index is 11.5. The largest absolute Gasteiger partial charge is 0.380 e. The minimum absolute atomic E-state index is 0.251. The van der Waals surface area contributed by atoms with Crippen molar-refractivity contribution in [3.05, 3.63) is 35.4 Å². The molecule has 4 heteroatoms. The third kappa shape index (κ3) is 4.13. The van der Waals surface area contributed by atoms with Gasteiger partial charge in [0.1, 0.15) is 6.04 Å². The molecule has 0 saturated heterocycles. The molecule has 100 valence electrons. The fourth-order valence-corrected chi connectivity index (χ4v) is 1.72. The molecule has 3 N–H and O–H groups in total. The third-order valence-corrected chi connectivity index (χ3v) is 2.97. The van der Waals surface area contributed by atoms with Crippen LogP contribution in [0.25, 0.3) is 0 Å². The molecule has 0 radical (unpaired) electrons. The molecule has 1 amide bonds. The Labute approximate surface area is 109 Å². The molecule has 0 aliphatic heterocycles. The highest BCUT2D eigenvalue weighted by molar-refractivity contribution is 5.81. The van der Waals surface area contributed by atoms with E-state index in [9.17, 15) is 4.79 Å². The zero-order chi connectivity index (χ0) is 13.5. The first kappa shape index (κ1) is 14.7. The van der Waals surface area contributed by atoms with Gasteiger partial charge in [-0.1, -0.05) is 31.2 Å². The lowest BCUT2D eigenvalue weighted by molar-refractivity contribution is -0.120. The van der Waals surface area contributed by atoms with Gasteiger partial charge in [0.2, 0.25) is 5.91 Å². The van der Waals surface area contributed by atoms with E-state index in [-0.39, 0.29) is 11.9 Å². The average molecular weight is 250 g/mol. The highest BCUT2D eigenvalue weighted by Crippen LogP contribution is 2.15. The van der Waals surface area contributed by atoms with Gasteiger partial charge in [-0.25, -0.2) is 0 Å². The summed E-state index contributed by atoms with van der Waals surface area (Å²) in [6, 6.07) is 7.55. The Balaban J connectivity index is 2.82. The summed E-state index contributed by atoms with van der Waals surface area (Å²) >= 11 is 0. The number of amides is 1. The topological polar surface area (TPSA) is 64.3 Å². The molecule has 1 rings (SSSR count). The zero-order valence-electron chi connectivity index (χ0n) is 11.3. The number of ether oxygens (including phenoxy) is 1. The van der Waals surface area contributed by atoms with Crippen molar-refractivity contribution in [3.8, 4) is 0 Å². The first-order valence-electron chi connectivity index (χ1n) is 6.21. The molecule has 18 heavy (non-hydrogen) atoms. The lowest BCUT2D eigenvalue weighted by Gasteiger charge is -2.20. The highest BCUT2D eigenvalue weighted by Gasteiger charge is 2.18. The summed E-state index contributed by atoms with van der Waals surface area (Å²) in [5.41, 5.74) is 7.41. The second-order valence-corrected chi connectivity index (χ2v) is 4.49. The van der Waals surface area contributed by atoms with Crippen LogP contribution in [0.4, 0.5) is 0 Å². The Hall–Kier alpha value is -1.39. The Kier molecular flexibility index (Phi) is 5.82. The molecule has 0 aliphatic rings. The van der Waals surface area contributed by atoms with E-state index in [2.05, 4.69) is 12.2 Å². The Morgan fingerprint density at radius 1 is 1.39 bits per heavy atom. The molecule has 4 nitrogen and oxygen atoms in total. The van der Waals surface area contributed by atoms with E-state index in [4.69, 9.17) is 10.5 Å². The molecular formula is C14H22N2O2. The van der Waals surface area contributed by atoms with Crippen molar-refractivity contribution in [2.24, 2.45) is 5.73 Å². The minimum atomic E-state index is -0.434. The van der Waals surface area contributed by atoms with E-state index in [1.807, 2.05) is 31.2 Å². The SMILES string of the molecule is CCC(C)NC(C(N)=O)c1ccc(COC)cc1. The van der Waals surface area contributed by atoms with Crippen molar-refractivity contribution in [1.82, 2.24) is 5.32 Å². The van der Waals surface area contributed by atoms with E-state index in [0.717, 1.165) is 17.5 Å². The summed E-state index contributed by atoms with van der Waals surface area (Å²) < 4.78 is 5.05. The summed E-state index contributed by atoms with van der Waals surface area (Å²) in [5.74, 6) is -0.352. The Morgan fingerprint density at radius 2 is 2.00 bits per heavy atom. The number of benzene rings is 1. The van der Waals surface area contributed by atoms with Crippen molar-refractivity contribution in [3.63, 3.8) is 0 Å². The number of carbonyl (C=O) groups is 1. The monoisotopic (exact) mass is 250 g/mol. The van der Waals surface area contributed by atoms with Gasteiger partial charge in [-0.15, -0.1) is 0 Å². The predicted molar refractivity (Wildman–Crippen MR) is 72.0 cm³/mol. The first-order chi connectivity index (χ1) is 8.58. The second-order valence-electron chi connectivity index (χ2n) is 4.49. The van der Waals surface area contributed by atoms with Crippen molar-refractivity contribution < 1.29 is 9.53 Å². The smallest absolute Gasteiger partial charge is 0.239 e. The standard InChI is InChI=1S/C14H22N2O2/c1-4-10(2)16-13(14(15)17)12-7-5-11(6-8-12)9-18-3/h5-8,10,13,16H,4,9H2,1-3H3,(H2,15,17). The van der Waals surface area contributed by atoms with Crippen LogP contribution in [0, 0.1) is 0 Å². The Morgan fingerprint density at radius 3 is 2.44 bits per heavy atom. The fraction of sp³-hybridized carbons (Fsp3) is 0.500.